The highest BCUT2D eigenvalue weighted by Crippen LogP contribution is 2.44. The number of fused-ring (bicyclic) bond motifs is 3. The number of amides is 2. The standard InChI is InChI=1S/C28H28N2O5/c1-2-10-24(26(31)30-25(27(32)33)18-11-4-3-5-12-18)29-28(34)35-17-23-21-15-8-6-13-19(21)20-14-7-9-16-22(20)23/h3-9,11-16,23-25H,2,10,17H2,1H3,(H,29,34)(H,30,31)(H,32,33)/t24-,25?/m1/s1. The van der Waals surface area contributed by atoms with E-state index >= 15 is 0 Å². The third-order valence-corrected chi connectivity index (χ3v) is 6.20. The van der Waals surface area contributed by atoms with Gasteiger partial charge in [-0.15, -0.1) is 0 Å². The Labute approximate surface area is 204 Å². The first kappa shape index (κ1) is 24.0. The molecule has 3 N–H and O–H groups in total. The van der Waals surface area contributed by atoms with E-state index < -0.39 is 30.1 Å². The summed E-state index contributed by atoms with van der Waals surface area (Å²) in [6.07, 6.45) is 0.245. The Bertz CT molecular complexity index is 1170. The van der Waals surface area contributed by atoms with E-state index in [1.807, 2.05) is 43.3 Å². The molecule has 0 spiro atoms. The number of rotatable bonds is 9. The van der Waals surface area contributed by atoms with E-state index in [0.29, 0.717) is 18.4 Å². The van der Waals surface area contributed by atoms with Crippen LogP contribution in [0.25, 0.3) is 11.1 Å². The van der Waals surface area contributed by atoms with Crippen molar-refractivity contribution < 1.29 is 24.2 Å². The van der Waals surface area contributed by atoms with Crippen molar-refractivity contribution in [2.45, 2.75) is 37.8 Å². The van der Waals surface area contributed by atoms with Gasteiger partial charge in [-0.05, 0) is 34.2 Å². The maximum absolute atomic E-state index is 12.9. The molecular formula is C28H28N2O5. The molecule has 0 saturated heterocycles. The lowest BCUT2D eigenvalue weighted by Crippen LogP contribution is -2.49. The van der Waals surface area contributed by atoms with Crippen molar-refractivity contribution in [1.29, 1.82) is 0 Å². The topological polar surface area (TPSA) is 105 Å². The summed E-state index contributed by atoms with van der Waals surface area (Å²) in [6, 6.07) is 22.4. The summed E-state index contributed by atoms with van der Waals surface area (Å²) in [5, 5.41) is 14.8. The van der Waals surface area contributed by atoms with E-state index in [1.54, 1.807) is 30.3 Å². The first-order chi connectivity index (χ1) is 17.0. The fourth-order valence-corrected chi connectivity index (χ4v) is 4.52. The Kier molecular flexibility index (Phi) is 7.45. The van der Waals surface area contributed by atoms with E-state index in [9.17, 15) is 19.5 Å². The molecule has 3 aromatic rings. The predicted molar refractivity (Wildman–Crippen MR) is 132 cm³/mol. The second kappa shape index (κ2) is 10.9. The normalized spacial score (nSPS) is 13.7. The second-order valence-electron chi connectivity index (χ2n) is 8.50. The summed E-state index contributed by atoms with van der Waals surface area (Å²) in [5.74, 6) is -1.85. The van der Waals surface area contributed by atoms with Crippen molar-refractivity contribution in [3.8, 4) is 11.1 Å². The number of hydrogen-bond donors (Lipinski definition) is 3. The van der Waals surface area contributed by atoms with Crippen molar-refractivity contribution in [3.05, 3.63) is 95.6 Å². The fourth-order valence-electron chi connectivity index (χ4n) is 4.52. The largest absolute Gasteiger partial charge is 0.479 e. The Hall–Kier alpha value is -4.13. The number of carboxylic acid groups (broad SMARTS) is 1. The van der Waals surface area contributed by atoms with Crippen molar-refractivity contribution in [2.24, 2.45) is 0 Å². The molecule has 0 radical (unpaired) electrons. The SMILES string of the molecule is CCC[C@@H](NC(=O)OCC1c2ccccc2-c2ccccc21)C(=O)NC(C(=O)O)c1ccccc1. The van der Waals surface area contributed by atoms with Crippen LogP contribution in [0.2, 0.25) is 0 Å². The summed E-state index contributed by atoms with van der Waals surface area (Å²) in [4.78, 5) is 37.3. The third kappa shape index (κ3) is 5.35. The molecule has 2 amide bonds. The van der Waals surface area contributed by atoms with Gasteiger partial charge in [-0.3, -0.25) is 4.79 Å². The van der Waals surface area contributed by atoms with Gasteiger partial charge in [0.15, 0.2) is 6.04 Å². The van der Waals surface area contributed by atoms with Crippen LogP contribution >= 0.6 is 0 Å². The van der Waals surface area contributed by atoms with Gasteiger partial charge in [0.25, 0.3) is 0 Å². The number of ether oxygens (including phenoxy) is 1. The van der Waals surface area contributed by atoms with Crippen molar-refractivity contribution in [3.63, 3.8) is 0 Å². The van der Waals surface area contributed by atoms with Crippen LogP contribution in [-0.2, 0) is 14.3 Å². The number of hydrogen-bond acceptors (Lipinski definition) is 4. The summed E-state index contributed by atoms with van der Waals surface area (Å²) in [6.45, 7) is 2.01. The fraction of sp³-hybridized carbons (Fsp3) is 0.250. The predicted octanol–water partition coefficient (Wildman–Crippen LogP) is 4.64. The molecule has 0 aromatic heterocycles. The Morgan fingerprint density at radius 3 is 2.00 bits per heavy atom. The maximum Gasteiger partial charge on any atom is 0.407 e. The minimum absolute atomic E-state index is 0.0962. The summed E-state index contributed by atoms with van der Waals surface area (Å²) < 4.78 is 5.56. The average molecular weight is 473 g/mol. The molecule has 0 saturated carbocycles. The van der Waals surface area contributed by atoms with Crippen LogP contribution in [-0.4, -0.2) is 35.7 Å². The zero-order valence-corrected chi connectivity index (χ0v) is 19.4. The Morgan fingerprint density at radius 1 is 0.857 bits per heavy atom. The molecule has 35 heavy (non-hydrogen) atoms. The van der Waals surface area contributed by atoms with Crippen molar-refractivity contribution >= 4 is 18.0 Å². The van der Waals surface area contributed by atoms with E-state index in [1.165, 1.54) is 0 Å². The lowest BCUT2D eigenvalue weighted by Gasteiger charge is -2.22. The zero-order chi connectivity index (χ0) is 24.8. The molecule has 1 unspecified atom stereocenters. The van der Waals surface area contributed by atoms with Gasteiger partial charge in [0.05, 0.1) is 0 Å². The van der Waals surface area contributed by atoms with E-state index in [-0.39, 0.29) is 12.5 Å². The van der Waals surface area contributed by atoms with E-state index in [2.05, 4.69) is 22.8 Å². The molecule has 7 nitrogen and oxygen atoms in total. The van der Waals surface area contributed by atoms with Crippen LogP contribution in [0, 0.1) is 0 Å². The summed E-state index contributed by atoms with van der Waals surface area (Å²) in [7, 11) is 0. The van der Waals surface area contributed by atoms with Gasteiger partial charge in [-0.2, -0.15) is 0 Å². The van der Waals surface area contributed by atoms with Gasteiger partial charge in [0, 0.05) is 5.92 Å². The van der Waals surface area contributed by atoms with Crippen LogP contribution in [0.1, 0.15) is 48.4 Å². The van der Waals surface area contributed by atoms with Crippen LogP contribution in [0.15, 0.2) is 78.9 Å². The minimum atomic E-state index is -1.22. The molecule has 0 bridgehead atoms. The monoisotopic (exact) mass is 472 g/mol. The number of carbonyl (C=O) groups excluding carboxylic acids is 2. The van der Waals surface area contributed by atoms with Gasteiger partial charge in [0.2, 0.25) is 5.91 Å². The van der Waals surface area contributed by atoms with E-state index in [4.69, 9.17) is 4.74 Å². The average Bonchev–Trinajstić information content (AvgIpc) is 3.19. The van der Waals surface area contributed by atoms with Crippen LogP contribution < -0.4 is 10.6 Å². The first-order valence-electron chi connectivity index (χ1n) is 11.7. The van der Waals surface area contributed by atoms with Crippen LogP contribution in [0.4, 0.5) is 4.79 Å². The highest BCUT2D eigenvalue weighted by molar-refractivity contribution is 5.89. The third-order valence-electron chi connectivity index (χ3n) is 6.20. The van der Waals surface area contributed by atoms with Gasteiger partial charge < -0.3 is 20.5 Å². The van der Waals surface area contributed by atoms with E-state index in [0.717, 1.165) is 22.3 Å². The van der Waals surface area contributed by atoms with Crippen molar-refractivity contribution in [2.75, 3.05) is 6.61 Å². The molecule has 1 aliphatic carbocycles. The van der Waals surface area contributed by atoms with Gasteiger partial charge in [-0.1, -0.05) is 92.2 Å². The molecule has 4 rings (SSSR count). The van der Waals surface area contributed by atoms with Gasteiger partial charge in [0.1, 0.15) is 12.6 Å². The highest BCUT2D eigenvalue weighted by Gasteiger charge is 2.30. The summed E-state index contributed by atoms with van der Waals surface area (Å²) in [5.41, 5.74) is 4.89. The van der Waals surface area contributed by atoms with Crippen molar-refractivity contribution in [1.82, 2.24) is 10.6 Å². The lowest BCUT2D eigenvalue weighted by molar-refractivity contribution is -0.142. The molecule has 180 valence electrons. The second-order valence-corrected chi connectivity index (χ2v) is 8.50. The number of aliphatic carboxylic acids is 1. The lowest BCUT2D eigenvalue weighted by atomic mass is 9.98. The number of carboxylic acids is 1. The molecule has 0 fully saturated rings. The van der Waals surface area contributed by atoms with Gasteiger partial charge >= 0.3 is 12.1 Å². The number of alkyl carbamates (subject to hydrolysis) is 1. The molecule has 0 heterocycles. The molecule has 3 aromatic carbocycles. The quantitative estimate of drug-likeness (QED) is 0.421. The molecular weight excluding hydrogens is 444 g/mol. The zero-order valence-electron chi connectivity index (χ0n) is 19.4. The Balaban J connectivity index is 1.41. The highest BCUT2D eigenvalue weighted by atomic mass is 16.5. The number of benzene rings is 3. The van der Waals surface area contributed by atoms with Gasteiger partial charge in [-0.25, -0.2) is 9.59 Å². The number of nitrogens with one attached hydrogen (secondary N) is 2. The van der Waals surface area contributed by atoms with Crippen LogP contribution in [0.5, 0.6) is 0 Å². The van der Waals surface area contributed by atoms with Crippen LogP contribution in [0.3, 0.4) is 0 Å². The smallest absolute Gasteiger partial charge is 0.407 e. The Morgan fingerprint density at radius 2 is 1.43 bits per heavy atom. The molecule has 0 aliphatic heterocycles. The molecule has 2 atom stereocenters. The first-order valence-corrected chi connectivity index (χ1v) is 11.7. The number of carbonyl (C=O) groups is 3. The molecule has 1 aliphatic rings. The molecule has 7 heteroatoms. The maximum atomic E-state index is 12.9. The minimum Gasteiger partial charge on any atom is -0.479 e. The summed E-state index contributed by atoms with van der Waals surface area (Å²) >= 11 is 0.